The second-order valence-electron chi connectivity index (χ2n) is 7.39. The van der Waals surface area contributed by atoms with Crippen LogP contribution in [-0.4, -0.2) is 36.1 Å². The van der Waals surface area contributed by atoms with E-state index in [1.54, 1.807) is 5.54 Å². The predicted molar refractivity (Wildman–Crippen MR) is 83.6 cm³/mol. The molecule has 1 aliphatic heterocycles. The molecule has 0 bridgehead atoms. The quantitative estimate of drug-likeness (QED) is 0.831. The molecule has 1 heterocycles. The summed E-state index contributed by atoms with van der Waals surface area (Å²) in [6, 6.07) is 0.591. The van der Waals surface area contributed by atoms with Gasteiger partial charge in [0, 0.05) is 36.8 Å². The smallest absolute Gasteiger partial charge is 0.0309 e. The second-order valence-corrected chi connectivity index (χ2v) is 7.65. The summed E-state index contributed by atoms with van der Waals surface area (Å²) in [6.07, 6.45) is 8.94. The molecule has 1 atom stereocenters. The van der Waals surface area contributed by atoms with Crippen LogP contribution in [0.4, 0.5) is 0 Å². The lowest BCUT2D eigenvalue weighted by atomic mass is 9.76. The number of nitrogens with zero attached hydrogens (tertiary/aromatic N) is 1. The first-order valence-corrected chi connectivity index (χ1v) is 8.15. The van der Waals surface area contributed by atoms with Gasteiger partial charge in [-0.1, -0.05) is 57.7 Å². The van der Waals surface area contributed by atoms with Gasteiger partial charge in [-0.25, -0.2) is 0 Å². The predicted octanol–water partition coefficient (Wildman–Crippen LogP) is 3.76. The molecule has 1 aliphatic carbocycles. The van der Waals surface area contributed by atoms with Crippen LogP contribution >= 0.6 is 11.6 Å². The summed E-state index contributed by atoms with van der Waals surface area (Å²) in [6.45, 7) is 10.3. The SMILES string of the molecule is CC(C)(C)C1CNC2(CCCCC2)CN1C/C=C/Cl. The maximum absolute atomic E-state index is 5.74. The van der Waals surface area contributed by atoms with Gasteiger partial charge in [0.1, 0.15) is 0 Å². The van der Waals surface area contributed by atoms with Crippen LogP contribution in [0.1, 0.15) is 52.9 Å². The fourth-order valence-electron chi connectivity index (χ4n) is 3.78. The van der Waals surface area contributed by atoms with Crippen molar-refractivity contribution in [3.8, 4) is 0 Å². The fourth-order valence-corrected chi connectivity index (χ4v) is 3.86. The van der Waals surface area contributed by atoms with Crippen molar-refractivity contribution in [2.75, 3.05) is 19.6 Å². The highest BCUT2D eigenvalue weighted by molar-refractivity contribution is 6.25. The highest BCUT2D eigenvalue weighted by atomic mass is 35.5. The molecule has 1 spiro atoms. The summed E-state index contributed by atoms with van der Waals surface area (Å²) in [4.78, 5) is 2.64. The van der Waals surface area contributed by atoms with Crippen LogP contribution in [-0.2, 0) is 0 Å². The van der Waals surface area contributed by atoms with Gasteiger partial charge < -0.3 is 5.32 Å². The van der Waals surface area contributed by atoms with E-state index in [9.17, 15) is 0 Å². The van der Waals surface area contributed by atoms with Crippen LogP contribution in [0.25, 0.3) is 0 Å². The largest absolute Gasteiger partial charge is 0.308 e. The molecule has 1 N–H and O–H groups in total. The summed E-state index contributed by atoms with van der Waals surface area (Å²) in [5, 5.41) is 3.90. The highest BCUT2D eigenvalue weighted by Gasteiger charge is 2.42. The molecule has 1 unspecified atom stereocenters. The molecule has 2 fully saturated rings. The van der Waals surface area contributed by atoms with E-state index in [1.165, 1.54) is 38.6 Å². The Hall–Kier alpha value is -0.0500. The second kappa shape index (κ2) is 6.15. The molecule has 1 saturated carbocycles. The lowest BCUT2D eigenvalue weighted by Gasteiger charge is -2.53. The lowest BCUT2D eigenvalue weighted by molar-refractivity contribution is 0.0163. The molecular weight excluding hydrogens is 256 g/mol. The average Bonchev–Trinajstić information content (AvgIpc) is 2.36. The molecule has 2 rings (SSSR count). The normalized spacial score (nSPS) is 29.2. The van der Waals surface area contributed by atoms with Gasteiger partial charge in [0.15, 0.2) is 0 Å². The minimum atomic E-state index is 0.309. The fraction of sp³-hybridized carbons (Fsp3) is 0.875. The summed E-state index contributed by atoms with van der Waals surface area (Å²) in [7, 11) is 0. The third kappa shape index (κ3) is 3.74. The Balaban J connectivity index is 2.09. The number of hydrogen-bond donors (Lipinski definition) is 1. The summed E-state index contributed by atoms with van der Waals surface area (Å²) < 4.78 is 0. The van der Waals surface area contributed by atoms with Crippen LogP contribution < -0.4 is 5.32 Å². The van der Waals surface area contributed by atoms with Crippen LogP contribution in [0.3, 0.4) is 0 Å². The average molecular weight is 285 g/mol. The van der Waals surface area contributed by atoms with E-state index < -0.39 is 0 Å². The van der Waals surface area contributed by atoms with Gasteiger partial charge in [-0.05, 0) is 18.3 Å². The molecule has 110 valence electrons. The van der Waals surface area contributed by atoms with Crippen molar-refractivity contribution < 1.29 is 0 Å². The summed E-state index contributed by atoms with van der Waals surface area (Å²) in [5.41, 5.74) is 2.35. The van der Waals surface area contributed by atoms with E-state index in [0.29, 0.717) is 17.0 Å². The first-order valence-electron chi connectivity index (χ1n) is 7.71. The Kier molecular flexibility index (Phi) is 4.97. The Morgan fingerprint density at radius 3 is 2.53 bits per heavy atom. The number of halogens is 1. The lowest BCUT2D eigenvalue weighted by Crippen LogP contribution is -2.67. The summed E-state index contributed by atoms with van der Waals surface area (Å²) in [5.74, 6) is 0. The van der Waals surface area contributed by atoms with E-state index in [-0.39, 0.29) is 0 Å². The molecule has 19 heavy (non-hydrogen) atoms. The van der Waals surface area contributed by atoms with Crippen molar-refractivity contribution in [2.45, 2.75) is 64.5 Å². The minimum absolute atomic E-state index is 0.309. The van der Waals surface area contributed by atoms with Crippen molar-refractivity contribution in [2.24, 2.45) is 5.41 Å². The van der Waals surface area contributed by atoms with E-state index in [4.69, 9.17) is 11.6 Å². The third-order valence-electron chi connectivity index (χ3n) is 4.86. The van der Waals surface area contributed by atoms with Crippen LogP contribution in [0.15, 0.2) is 11.6 Å². The summed E-state index contributed by atoms with van der Waals surface area (Å²) >= 11 is 5.74. The topological polar surface area (TPSA) is 15.3 Å². The van der Waals surface area contributed by atoms with Gasteiger partial charge in [-0.3, -0.25) is 4.90 Å². The first kappa shape index (κ1) is 15.3. The molecule has 0 radical (unpaired) electrons. The zero-order chi connectivity index (χ0) is 13.9. The molecule has 0 aromatic heterocycles. The van der Waals surface area contributed by atoms with Crippen LogP contribution in [0, 0.1) is 5.41 Å². The number of piperazine rings is 1. The molecule has 0 amide bonds. The number of rotatable bonds is 2. The molecule has 2 aliphatic rings. The molecule has 3 heteroatoms. The highest BCUT2D eigenvalue weighted by Crippen LogP contribution is 2.35. The Morgan fingerprint density at radius 1 is 1.26 bits per heavy atom. The molecular formula is C16H29ClN2. The zero-order valence-corrected chi connectivity index (χ0v) is 13.5. The van der Waals surface area contributed by atoms with Crippen LogP contribution in [0.5, 0.6) is 0 Å². The van der Waals surface area contributed by atoms with Gasteiger partial charge in [0.25, 0.3) is 0 Å². The Bertz CT molecular complexity index is 313. The van der Waals surface area contributed by atoms with Crippen molar-refractivity contribution in [3.05, 3.63) is 11.6 Å². The van der Waals surface area contributed by atoms with Gasteiger partial charge >= 0.3 is 0 Å². The maximum Gasteiger partial charge on any atom is 0.0309 e. The van der Waals surface area contributed by atoms with Gasteiger partial charge in [-0.15, -0.1) is 0 Å². The maximum atomic E-state index is 5.74. The van der Waals surface area contributed by atoms with Crippen molar-refractivity contribution in [1.82, 2.24) is 10.2 Å². The van der Waals surface area contributed by atoms with Crippen molar-refractivity contribution >= 4 is 11.6 Å². The van der Waals surface area contributed by atoms with Gasteiger partial charge in [-0.2, -0.15) is 0 Å². The van der Waals surface area contributed by atoms with Gasteiger partial charge in [0.05, 0.1) is 0 Å². The van der Waals surface area contributed by atoms with E-state index >= 15 is 0 Å². The molecule has 1 saturated heterocycles. The van der Waals surface area contributed by atoms with Crippen molar-refractivity contribution in [1.29, 1.82) is 0 Å². The van der Waals surface area contributed by atoms with Crippen molar-refractivity contribution in [3.63, 3.8) is 0 Å². The Labute approximate surface area is 123 Å². The Morgan fingerprint density at radius 2 is 1.95 bits per heavy atom. The van der Waals surface area contributed by atoms with Gasteiger partial charge in [0.2, 0.25) is 0 Å². The van der Waals surface area contributed by atoms with Crippen LogP contribution in [0.2, 0.25) is 0 Å². The van der Waals surface area contributed by atoms with E-state index in [2.05, 4.69) is 37.1 Å². The zero-order valence-electron chi connectivity index (χ0n) is 12.7. The minimum Gasteiger partial charge on any atom is -0.308 e. The molecule has 0 aromatic rings. The number of nitrogens with one attached hydrogen (secondary N) is 1. The monoisotopic (exact) mass is 284 g/mol. The third-order valence-corrected chi connectivity index (χ3v) is 5.03. The molecule has 0 aromatic carbocycles. The molecule has 2 nitrogen and oxygen atoms in total. The van der Waals surface area contributed by atoms with E-state index in [0.717, 1.165) is 13.1 Å². The van der Waals surface area contributed by atoms with E-state index in [1.807, 2.05) is 0 Å². The number of hydrogen-bond acceptors (Lipinski definition) is 2. The standard InChI is InChI=1S/C16H29ClN2/c1-15(2,3)14-12-18-16(8-5-4-6-9-16)13-19(14)11-7-10-17/h7,10,14,18H,4-6,8-9,11-13H2,1-3H3/b10-7+. The first-order chi connectivity index (χ1) is 8.97.